The summed E-state index contributed by atoms with van der Waals surface area (Å²) in [4.78, 5) is 21.1. The van der Waals surface area contributed by atoms with Crippen LogP contribution in [0.1, 0.15) is 10.4 Å². The van der Waals surface area contributed by atoms with Crippen molar-refractivity contribution in [2.24, 2.45) is 0 Å². The van der Waals surface area contributed by atoms with Crippen LogP contribution in [-0.2, 0) is 0 Å². The molecule has 1 heterocycles. The van der Waals surface area contributed by atoms with Crippen LogP contribution < -0.4 is 4.90 Å². The highest BCUT2D eigenvalue weighted by molar-refractivity contribution is 7.22. The van der Waals surface area contributed by atoms with E-state index in [4.69, 9.17) is 0 Å². The molecule has 4 rings (SSSR count). The number of carbonyl (C=O) groups excluding carboxylic acids is 1. The Morgan fingerprint density at radius 1 is 0.938 bits per heavy atom. The molecule has 8 heteroatoms. The first-order valence-electron chi connectivity index (χ1n) is 9.80. The number of hydrogen-bond acceptors (Lipinski definition) is 4. The summed E-state index contributed by atoms with van der Waals surface area (Å²) in [5.41, 5.74) is 2.65. The van der Waals surface area contributed by atoms with Gasteiger partial charge in [0.25, 0.3) is 5.91 Å². The zero-order valence-electron chi connectivity index (χ0n) is 17.6. The van der Waals surface area contributed by atoms with E-state index in [0.717, 1.165) is 28.5 Å². The lowest BCUT2D eigenvalue weighted by atomic mass is 10.0. The van der Waals surface area contributed by atoms with E-state index in [1.165, 1.54) is 11.0 Å². The van der Waals surface area contributed by atoms with Crippen LogP contribution in [-0.4, -0.2) is 43.0 Å². The maximum Gasteiger partial charge on any atom is 0.260 e. The molecule has 166 valence electrons. The maximum atomic E-state index is 14.2. The third-order valence-corrected chi connectivity index (χ3v) is 5.91. The average Bonchev–Trinajstić information content (AvgIpc) is 3.18. The van der Waals surface area contributed by atoms with E-state index in [1.807, 2.05) is 61.5 Å². The van der Waals surface area contributed by atoms with E-state index in [1.54, 1.807) is 12.1 Å². The normalized spacial score (nSPS) is 10.9. The quantitative estimate of drug-likeness (QED) is 0.351. The molecular weight excluding hydrogens is 452 g/mol. The number of likely N-dealkylation sites (N-methyl/N-ethyl adjacent to an activating group) is 1. The number of halogens is 3. The molecule has 0 aliphatic heterocycles. The average molecular weight is 474 g/mol. The number of aromatic nitrogens is 1. The van der Waals surface area contributed by atoms with Gasteiger partial charge in [0.05, 0.1) is 4.70 Å². The number of nitrogens with zero attached hydrogens (tertiary/aromatic N) is 3. The number of rotatable bonds is 6. The van der Waals surface area contributed by atoms with Crippen LogP contribution in [0.2, 0.25) is 0 Å². The highest BCUT2D eigenvalue weighted by atomic mass is 35.5. The second-order valence-corrected chi connectivity index (χ2v) is 8.44. The Balaban J connectivity index is 0.00000289. The number of thiazole rings is 1. The maximum absolute atomic E-state index is 14.2. The van der Waals surface area contributed by atoms with Gasteiger partial charge < -0.3 is 4.90 Å². The van der Waals surface area contributed by atoms with Crippen LogP contribution in [0.4, 0.5) is 13.9 Å². The summed E-state index contributed by atoms with van der Waals surface area (Å²) in [5.74, 6) is -1.63. The molecule has 4 aromatic rings. The molecule has 0 aliphatic carbocycles. The van der Waals surface area contributed by atoms with Gasteiger partial charge in [-0.3, -0.25) is 9.69 Å². The zero-order valence-corrected chi connectivity index (χ0v) is 19.2. The summed E-state index contributed by atoms with van der Waals surface area (Å²) in [6, 6.07) is 19.3. The minimum absolute atomic E-state index is 0. The first kappa shape index (κ1) is 23.8. The molecule has 0 spiro atoms. The molecule has 0 saturated heterocycles. The number of anilines is 1. The Bertz CT molecular complexity index is 1210. The van der Waals surface area contributed by atoms with Gasteiger partial charge in [0.15, 0.2) is 10.9 Å². The van der Waals surface area contributed by atoms with Gasteiger partial charge in [0.2, 0.25) is 0 Å². The Kier molecular flexibility index (Phi) is 7.56. The van der Waals surface area contributed by atoms with E-state index in [0.29, 0.717) is 28.5 Å². The molecule has 1 aromatic heterocycles. The molecule has 0 aliphatic rings. The van der Waals surface area contributed by atoms with Gasteiger partial charge in [-0.25, -0.2) is 13.8 Å². The van der Waals surface area contributed by atoms with Crippen molar-refractivity contribution in [3.63, 3.8) is 0 Å². The smallest absolute Gasteiger partial charge is 0.260 e. The minimum atomic E-state index is -0.732. The molecule has 3 aromatic carbocycles. The second kappa shape index (κ2) is 10.2. The van der Waals surface area contributed by atoms with Crippen molar-refractivity contribution in [3.8, 4) is 11.1 Å². The lowest BCUT2D eigenvalue weighted by Crippen LogP contribution is -2.36. The SMILES string of the molecule is CN(C)CCN(C(=O)c1ccc(-c2ccccc2)cc1)c1nc2c(F)cc(F)cc2s1.Cl. The minimum Gasteiger partial charge on any atom is -0.308 e. The van der Waals surface area contributed by atoms with Crippen LogP contribution in [0.25, 0.3) is 21.3 Å². The van der Waals surface area contributed by atoms with Crippen LogP contribution in [0.15, 0.2) is 66.7 Å². The molecule has 0 atom stereocenters. The fourth-order valence-corrected chi connectivity index (χ4v) is 4.27. The third-order valence-electron chi connectivity index (χ3n) is 4.89. The number of amides is 1. The number of fused-ring (bicyclic) bond motifs is 1. The number of hydrogen-bond donors (Lipinski definition) is 0. The summed E-state index contributed by atoms with van der Waals surface area (Å²) in [5, 5.41) is 0.346. The molecule has 0 radical (unpaired) electrons. The predicted molar refractivity (Wildman–Crippen MR) is 129 cm³/mol. The van der Waals surface area contributed by atoms with Crippen molar-refractivity contribution in [1.82, 2.24) is 9.88 Å². The summed E-state index contributed by atoms with van der Waals surface area (Å²) in [6.07, 6.45) is 0. The molecule has 0 N–H and O–H groups in total. The van der Waals surface area contributed by atoms with Gasteiger partial charge >= 0.3 is 0 Å². The van der Waals surface area contributed by atoms with E-state index < -0.39 is 11.6 Å². The van der Waals surface area contributed by atoms with Crippen LogP contribution in [0.3, 0.4) is 0 Å². The Hall–Kier alpha value is -2.87. The Morgan fingerprint density at radius 2 is 1.59 bits per heavy atom. The predicted octanol–water partition coefficient (Wildman–Crippen LogP) is 5.87. The van der Waals surface area contributed by atoms with Crippen LogP contribution in [0, 0.1) is 11.6 Å². The molecule has 0 fully saturated rings. The third kappa shape index (κ3) is 5.12. The van der Waals surface area contributed by atoms with Crippen molar-refractivity contribution in [2.75, 3.05) is 32.1 Å². The molecule has 4 nitrogen and oxygen atoms in total. The van der Waals surface area contributed by atoms with Crippen LogP contribution >= 0.6 is 23.7 Å². The first-order chi connectivity index (χ1) is 14.9. The molecule has 32 heavy (non-hydrogen) atoms. The topological polar surface area (TPSA) is 36.4 Å². The van der Waals surface area contributed by atoms with Crippen molar-refractivity contribution in [1.29, 1.82) is 0 Å². The lowest BCUT2D eigenvalue weighted by Gasteiger charge is -2.22. The monoisotopic (exact) mass is 473 g/mol. The molecule has 0 bridgehead atoms. The van der Waals surface area contributed by atoms with Gasteiger partial charge in [-0.15, -0.1) is 12.4 Å². The summed E-state index contributed by atoms with van der Waals surface area (Å²) < 4.78 is 28.1. The van der Waals surface area contributed by atoms with E-state index >= 15 is 0 Å². The number of carbonyl (C=O) groups is 1. The lowest BCUT2D eigenvalue weighted by molar-refractivity contribution is 0.0985. The fourth-order valence-electron chi connectivity index (χ4n) is 3.24. The van der Waals surface area contributed by atoms with Gasteiger partial charge in [-0.05, 0) is 43.4 Å². The Morgan fingerprint density at radius 3 is 2.25 bits per heavy atom. The fraction of sp³-hybridized carbons (Fsp3) is 0.167. The second-order valence-electron chi connectivity index (χ2n) is 7.43. The Labute approximate surface area is 195 Å². The van der Waals surface area contributed by atoms with E-state index in [2.05, 4.69) is 4.98 Å². The highest BCUT2D eigenvalue weighted by Gasteiger charge is 2.22. The largest absolute Gasteiger partial charge is 0.308 e. The standard InChI is InChI=1S/C24H21F2N3OS.ClH/c1-28(2)12-13-29(24-27-22-20(26)14-19(25)15-21(22)31-24)23(30)18-10-8-17(9-11-18)16-6-4-3-5-7-16;/h3-11,14-15H,12-13H2,1-2H3;1H. The van der Waals surface area contributed by atoms with Crippen molar-refractivity contribution < 1.29 is 13.6 Å². The molecule has 0 saturated carbocycles. The molecule has 1 amide bonds. The van der Waals surface area contributed by atoms with Gasteiger partial charge in [-0.2, -0.15) is 0 Å². The van der Waals surface area contributed by atoms with Crippen molar-refractivity contribution in [2.45, 2.75) is 0 Å². The molecule has 0 unspecified atom stereocenters. The van der Waals surface area contributed by atoms with E-state index in [9.17, 15) is 13.6 Å². The van der Waals surface area contributed by atoms with Gasteiger partial charge in [-0.1, -0.05) is 53.8 Å². The molecular formula is C24H22ClF2N3OS. The summed E-state index contributed by atoms with van der Waals surface area (Å²) in [6.45, 7) is 0.969. The zero-order chi connectivity index (χ0) is 22.0. The highest BCUT2D eigenvalue weighted by Crippen LogP contribution is 2.32. The summed E-state index contributed by atoms with van der Waals surface area (Å²) in [7, 11) is 3.81. The van der Waals surface area contributed by atoms with Gasteiger partial charge in [0, 0.05) is 24.7 Å². The van der Waals surface area contributed by atoms with Gasteiger partial charge in [0.1, 0.15) is 11.3 Å². The van der Waals surface area contributed by atoms with E-state index in [-0.39, 0.29) is 23.8 Å². The summed E-state index contributed by atoms with van der Waals surface area (Å²) >= 11 is 1.10. The number of benzene rings is 3. The van der Waals surface area contributed by atoms with Crippen LogP contribution in [0.5, 0.6) is 0 Å². The first-order valence-corrected chi connectivity index (χ1v) is 10.6. The van der Waals surface area contributed by atoms with Crippen molar-refractivity contribution >= 4 is 45.0 Å². The van der Waals surface area contributed by atoms with Crippen molar-refractivity contribution in [3.05, 3.63) is 83.9 Å².